The van der Waals surface area contributed by atoms with E-state index in [9.17, 15) is 0 Å². The zero-order valence-corrected chi connectivity index (χ0v) is 13.7. The van der Waals surface area contributed by atoms with E-state index >= 15 is 0 Å². The van der Waals surface area contributed by atoms with Crippen LogP contribution >= 0.6 is 0 Å². The molecule has 0 fully saturated rings. The molecule has 0 spiro atoms. The van der Waals surface area contributed by atoms with Gasteiger partial charge < -0.3 is 14.8 Å². The van der Waals surface area contributed by atoms with Crippen molar-refractivity contribution in [3.8, 4) is 5.75 Å². The van der Waals surface area contributed by atoms with E-state index < -0.39 is 0 Å². The van der Waals surface area contributed by atoms with E-state index in [2.05, 4.69) is 52.1 Å². The molecule has 0 saturated carbocycles. The Morgan fingerprint density at radius 2 is 1.80 bits per heavy atom. The predicted molar refractivity (Wildman–Crippen MR) is 84.6 cm³/mol. The average molecular weight is 279 g/mol. The highest BCUT2D eigenvalue weighted by Crippen LogP contribution is 2.26. The van der Waals surface area contributed by atoms with Crippen LogP contribution in [0, 0.1) is 0 Å². The van der Waals surface area contributed by atoms with Gasteiger partial charge in [-0.05, 0) is 38.3 Å². The Balaban J connectivity index is 2.75. The van der Waals surface area contributed by atoms with Gasteiger partial charge in [0.1, 0.15) is 11.9 Å². The van der Waals surface area contributed by atoms with Crippen molar-refractivity contribution in [2.75, 3.05) is 20.3 Å². The van der Waals surface area contributed by atoms with Crippen LogP contribution in [0.4, 0.5) is 0 Å². The highest BCUT2D eigenvalue weighted by atomic mass is 16.5. The van der Waals surface area contributed by atoms with Crippen LogP contribution in [0.15, 0.2) is 24.3 Å². The number of para-hydroxylation sites is 1. The summed E-state index contributed by atoms with van der Waals surface area (Å²) in [7, 11) is 1.71. The summed E-state index contributed by atoms with van der Waals surface area (Å²) in [5.74, 6) is 1.41. The molecule has 3 heteroatoms. The van der Waals surface area contributed by atoms with Crippen LogP contribution in [0.2, 0.25) is 0 Å². The van der Waals surface area contributed by atoms with Crippen molar-refractivity contribution in [2.24, 2.45) is 0 Å². The highest BCUT2D eigenvalue weighted by molar-refractivity contribution is 5.35. The Morgan fingerprint density at radius 3 is 2.35 bits per heavy atom. The van der Waals surface area contributed by atoms with E-state index in [1.54, 1.807) is 7.11 Å². The van der Waals surface area contributed by atoms with Crippen LogP contribution in [-0.2, 0) is 4.74 Å². The van der Waals surface area contributed by atoms with E-state index in [-0.39, 0.29) is 11.6 Å². The molecule has 0 aliphatic carbocycles. The first-order valence-electron chi connectivity index (χ1n) is 7.33. The Labute approximate surface area is 123 Å². The molecule has 0 radical (unpaired) electrons. The number of benzene rings is 1. The standard InChI is InChI=1S/C17H29NO2/c1-13(2)15-9-7-8-10-16(15)20-14(12-19-6)11-18-17(3,4)5/h7-10,13-14,18H,11-12H2,1-6H3. The summed E-state index contributed by atoms with van der Waals surface area (Å²) in [5, 5.41) is 3.47. The van der Waals surface area contributed by atoms with Crippen molar-refractivity contribution in [3.63, 3.8) is 0 Å². The molecule has 1 aromatic carbocycles. The molecule has 0 aromatic heterocycles. The van der Waals surface area contributed by atoms with Gasteiger partial charge in [-0.25, -0.2) is 0 Å². The summed E-state index contributed by atoms with van der Waals surface area (Å²) in [4.78, 5) is 0. The van der Waals surface area contributed by atoms with Crippen molar-refractivity contribution in [2.45, 2.75) is 52.2 Å². The fourth-order valence-corrected chi connectivity index (χ4v) is 1.98. The number of methoxy groups -OCH3 is 1. The van der Waals surface area contributed by atoms with Gasteiger partial charge in [0, 0.05) is 19.2 Å². The second-order valence-electron chi connectivity index (χ2n) is 6.52. The van der Waals surface area contributed by atoms with Gasteiger partial charge in [-0.2, -0.15) is 0 Å². The molecule has 1 atom stereocenters. The number of nitrogens with one attached hydrogen (secondary N) is 1. The first-order valence-corrected chi connectivity index (χ1v) is 7.33. The van der Waals surface area contributed by atoms with Crippen molar-refractivity contribution in [1.82, 2.24) is 5.32 Å². The molecular formula is C17H29NO2. The Kier molecular flexibility index (Phi) is 6.50. The number of hydrogen-bond donors (Lipinski definition) is 1. The molecule has 0 amide bonds. The van der Waals surface area contributed by atoms with Crippen molar-refractivity contribution in [3.05, 3.63) is 29.8 Å². The van der Waals surface area contributed by atoms with Crippen LogP contribution in [-0.4, -0.2) is 31.9 Å². The Hall–Kier alpha value is -1.06. The Morgan fingerprint density at radius 1 is 1.15 bits per heavy atom. The first kappa shape index (κ1) is 17.0. The highest BCUT2D eigenvalue weighted by Gasteiger charge is 2.17. The third kappa shape index (κ3) is 5.93. The topological polar surface area (TPSA) is 30.5 Å². The van der Waals surface area contributed by atoms with Gasteiger partial charge in [-0.15, -0.1) is 0 Å². The molecule has 0 bridgehead atoms. The van der Waals surface area contributed by atoms with Gasteiger partial charge in [0.2, 0.25) is 0 Å². The minimum Gasteiger partial charge on any atom is -0.486 e. The first-order chi connectivity index (χ1) is 9.33. The maximum atomic E-state index is 6.16. The van der Waals surface area contributed by atoms with Gasteiger partial charge in [0.25, 0.3) is 0 Å². The quantitative estimate of drug-likeness (QED) is 0.827. The lowest BCUT2D eigenvalue weighted by molar-refractivity contribution is 0.0757. The second kappa shape index (κ2) is 7.65. The zero-order chi connectivity index (χ0) is 15.2. The van der Waals surface area contributed by atoms with Crippen LogP contribution in [0.25, 0.3) is 0 Å². The number of rotatable bonds is 7. The van der Waals surface area contributed by atoms with Crippen molar-refractivity contribution < 1.29 is 9.47 Å². The van der Waals surface area contributed by atoms with Crippen molar-refractivity contribution in [1.29, 1.82) is 0 Å². The minimum atomic E-state index is 0.0131. The van der Waals surface area contributed by atoms with Gasteiger partial charge in [0.05, 0.1) is 6.61 Å². The van der Waals surface area contributed by atoms with Gasteiger partial charge >= 0.3 is 0 Å². The lowest BCUT2D eigenvalue weighted by Crippen LogP contribution is -2.44. The molecule has 20 heavy (non-hydrogen) atoms. The summed E-state index contributed by atoms with van der Waals surface area (Å²) in [5.41, 5.74) is 1.32. The zero-order valence-electron chi connectivity index (χ0n) is 13.7. The fourth-order valence-electron chi connectivity index (χ4n) is 1.98. The van der Waals surface area contributed by atoms with E-state index in [0.717, 1.165) is 12.3 Å². The fraction of sp³-hybridized carbons (Fsp3) is 0.647. The molecule has 3 nitrogen and oxygen atoms in total. The van der Waals surface area contributed by atoms with Gasteiger partial charge in [-0.3, -0.25) is 0 Å². The number of ether oxygens (including phenoxy) is 2. The number of hydrogen-bond acceptors (Lipinski definition) is 3. The third-order valence-corrected chi connectivity index (χ3v) is 3.05. The summed E-state index contributed by atoms with van der Waals surface area (Å²) in [6.45, 7) is 12.2. The van der Waals surface area contributed by atoms with E-state index in [0.29, 0.717) is 12.5 Å². The molecule has 1 rings (SSSR count). The molecule has 1 unspecified atom stereocenters. The summed E-state index contributed by atoms with van der Waals surface area (Å²) < 4.78 is 11.4. The molecule has 114 valence electrons. The summed E-state index contributed by atoms with van der Waals surface area (Å²) in [6, 6.07) is 8.24. The summed E-state index contributed by atoms with van der Waals surface area (Å²) >= 11 is 0. The van der Waals surface area contributed by atoms with Crippen molar-refractivity contribution >= 4 is 0 Å². The second-order valence-corrected chi connectivity index (χ2v) is 6.52. The Bertz CT molecular complexity index is 396. The predicted octanol–water partition coefficient (Wildman–Crippen LogP) is 3.59. The lowest BCUT2D eigenvalue weighted by atomic mass is 10.0. The summed E-state index contributed by atoms with van der Waals surface area (Å²) in [6.07, 6.45) is 0.0131. The van der Waals surface area contributed by atoms with Gasteiger partial charge in [0.15, 0.2) is 0 Å². The molecule has 0 aliphatic rings. The van der Waals surface area contributed by atoms with Crippen LogP contribution in [0.3, 0.4) is 0 Å². The van der Waals surface area contributed by atoms with E-state index in [1.165, 1.54) is 5.56 Å². The largest absolute Gasteiger partial charge is 0.486 e. The molecule has 1 N–H and O–H groups in total. The lowest BCUT2D eigenvalue weighted by Gasteiger charge is -2.26. The monoisotopic (exact) mass is 279 g/mol. The minimum absolute atomic E-state index is 0.0131. The molecular weight excluding hydrogens is 250 g/mol. The smallest absolute Gasteiger partial charge is 0.134 e. The van der Waals surface area contributed by atoms with E-state index in [4.69, 9.17) is 9.47 Å². The normalized spacial score (nSPS) is 13.6. The van der Waals surface area contributed by atoms with Crippen LogP contribution in [0.1, 0.15) is 46.1 Å². The molecule has 1 aromatic rings. The maximum Gasteiger partial charge on any atom is 0.134 e. The maximum absolute atomic E-state index is 6.16. The third-order valence-electron chi connectivity index (χ3n) is 3.05. The SMILES string of the molecule is COCC(CNC(C)(C)C)Oc1ccccc1C(C)C. The van der Waals surface area contributed by atoms with Crippen LogP contribution < -0.4 is 10.1 Å². The molecule has 0 saturated heterocycles. The molecule has 0 aliphatic heterocycles. The van der Waals surface area contributed by atoms with Crippen LogP contribution in [0.5, 0.6) is 5.75 Å². The average Bonchev–Trinajstić information content (AvgIpc) is 2.35. The van der Waals surface area contributed by atoms with E-state index in [1.807, 2.05) is 12.1 Å². The molecule has 0 heterocycles. The van der Waals surface area contributed by atoms with Gasteiger partial charge in [-0.1, -0.05) is 32.0 Å².